The number of amides is 3. The van der Waals surface area contributed by atoms with Crippen molar-refractivity contribution in [2.45, 2.75) is 19.3 Å². The molecule has 1 aliphatic heterocycles. The predicted octanol–water partition coefficient (Wildman–Crippen LogP) is 0.311. The van der Waals surface area contributed by atoms with Crippen LogP contribution < -0.4 is 5.32 Å². The number of ketones is 1. The van der Waals surface area contributed by atoms with Gasteiger partial charge in [-0.15, -0.1) is 0 Å². The highest BCUT2D eigenvalue weighted by atomic mass is 16.5. The number of methoxy groups -OCH3 is 1. The Balaban J connectivity index is 1.76. The third kappa shape index (κ3) is 4.50. The third-order valence-electron chi connectivity index (χ3n) is 3.76. The van der Waals surface area contributed by atoms with E-state index >= 15 is 0 Å². The Labute approximate surface area is 144 Å². The van der Waals surface area contributed by atoms with Gasteiger partial charge in [-0.1, -0.05) is 12.1 Å². The number of esters is 1. The average molecular weight is 346 g/mol. The molecule has 8 heteroatoms. The van der Waals surface area contributed by atoms with Crippen LogP contribution in [0.15, 0.2) is 24.3 Å². The molecule has 0 saturated carbocycles. The van der Waals surface area contributed by atoms with E-state index in [1.165, 1.54) is 7.11 Å². The zero-order valence-electron chi connectivity index (χ0n) is 13.7. The summed E-state index contributed by atoms with van der Waals surface area (Å²) >= 11 is 0. The third-order valence-corrected chi connectivity index (χ3v) is 3.76. The first-order chi connectivity index (χ1) is 11.9. The highest BCUT2D eigenvalue weighted by molar-refractivity contribution is 6.21. The molecule has 0 spiro atoms. The van der Waals surface area contributed by atoms with E-state index in [0.717, 1.165) is 4.90 Å². The molecular formula is C17H18N2O6. The van der Waals surface area contributed by atoms with Gasteiger partial charge in [0.05, 0.1) is 31.2 Å². The lowest BCUT2D eigenvalue weighted by molar-refractivity contribution is -0.141. The zero-order valence-corrected chi connectivity index (χ0v) is 13.7. The summed E-state index contributed by atoms with van der Waals surface area (Å²) in [6, 6.07) is 6.46. The van der Waals surface area contributed by atoms with Crippen LogP contribution in [0.3, 0.4) is 0 Å². The minimum atomic E-state index is -0.495. The summed E-state index contributed by atoms with van der Waals surface area (Å²) in [4.78, 5) is 59.5. The largest absolute Gasteiger partial charge is 0.469 e. The molecule has 1 aromatic rings. The quantitative estimate of drug-likeness (QED) is 0.536. The molecule has 0 aromatic heterocycles. The van der Waals surface area contributed by atoms with Crippen molar-refractivity contribution in [1.29, 1.82) is 0 Å². The van der Waals surface area contributed by atoms with Crippen LogP contribution in [-0.4, -0.2) is 54.6 Å². The highest BCUT2D eigenvalue weighted by Gasteiger charge is 2.34. The van der Waals surface area contributed by atoms with Crippen LogP contribution in [0.25, 0.3) is 0 Å². The van der Waals surface area contributed by atoms with Gasteiger partial charge in [-0.05, 0) is 12.1 Å². The maximum atomic E-state index is 12.1. The number of nitrogens with one attached hydrogen (secondary N) is 1. The first-order valence-electron chi connectivity index (χ1n) is 7.74. The molecule has 2 rings (SSSR count). The van der Waals surface area contributed by atoms with Gasteiger partial charge < -0.3 is 10.1 Å². The molecule has 1 N–H and O–H groups in total. The highest BCUT2D eigenvalue weighted by Crippen LogP contribution is 2.22. The van der Waals surface area contributed by atoms with Crippen molar-refractivity contribution in [3.63, 3.8) is 0 Å². The number of hydrogen-bond acceptors (Lipinski definition) is 6. The number of carbonyl (C=O) groups excluding carboxylic acids is 5. The second kappa shape index (κ2) is 8.18. The molecule has 0 fully saturated rings. The normalized spacial score (nSPS) is 12.8. The van der Waals surface area contributed by atoms with E-state index in [4.69, 9.17) is 0 Å². The van der Waals surface area contributed by atoms with Crippen molar-refractivity contribution in [2.75, 3.05) is 20.2 Å². The van der Waals surface area contributed by atoms with E-state index in [1.54, 1.807) is 24.3 Å². The molecule has 0 bridgehead atoms. The average Bonchev–Trinajstić information content (AvgIpc) is 2.87. The van der Waals surface area contributed by atoms with Crippen LogP contribution in [0.4, 0.5) is 0 Å². The number of imide groups is 1. The maximum absolute atomic E-state index is 12.1. The Bertz CT molecular complexity index is 693. The molecule has 1 aromatic carbocycles. The van der Waals surface area contributed by atoms with E-state index in [2.05, 4.69) is 10.1 Å². The molecule has 132 valence electrons. The Morgan fingerprint density at radius 1 is 1.00 bits per heavy atom. The summed E-state index contributed by atoms with van der Waals surface area (Å²) in [5.41, 5.74) is 0.650. The van der Waals surface area contributed by atoms with Crippen molar-refractivity contribution in [2.24, 2.45) is 0 Å². The fraction of sp³-hybridized carbons (Fsp3) is 0.353. The van der Waals surface area contributed by atoms with Gasteiger partial charge in [-0.25, -0.2) is 0 Å². The molecule has 1 aliphatic rings. The Morgan fingerprint density at radius 2 is 1.60 bits per heavy atom. The zero-order chi connectivity index (χ0) is 18.4. The van der Waals surface area contributed by atoms with Gasteiger partial charge in [-0.3, -0.25) is 28.9 Å². The number of nitrogens with zero attached hydrogens (tertiary/aromatic N) is 1. The Morgan fingerprint density at radius 3 is 2.16 bits per heavy atom. The van der Waals surface area contributed by atoms with Crippen molar-refractivity contribution >= 4 is 29.5 Å². The first kappa shape index (κ1) is 18.3. The van der Waals surface area contributed by atoms with Crippen LogP contribution >= 0.6 is 0 Å². The first-order valence-corrected chi connectivity index (χ1v) is 7.74. The van der Waals surface area contributed by atoms with Crippen molar-refractivity contribution in [3.8, 4) is 0 Å². The van der Waals surface area contributed by atoms with E-state index in [9.17, 15) is 24.0 Å². The number of ether oxygens (including phenoxy) is 1. The van der Waals surface area contributed by atoms with Crippen LogP contribution in [-0.2, 0) is 19.1 Å². The van der Waals surface area contributed by atoms with Crippen molar-refractivity contribution in [1.82, 2.24) is 10.2 Å². The second-order valence-electron chi connectivity index (χ2n) is 5.45. The monoisotopic (exact) mass is 346 g/mol. The van der Waals surface area contributed by atoms with Gasteiger partial charge in [0.25, 0.3) is 11.8 Å². The van der Waals surface area contributed by atoms with Crippen LogP contribution in [0, 0.1) is 0 Å². The molecule has 0 saturated heterocycles. The summed E-state index contributed by atoms with van der Waals surface area (Å²) < 4.78 is 4.42. The molecule has 1 heterocycles. The summed E-state index contributed by atoms with van der Waals surface area (Å²) in [7, 11) is 1.23. The summed E-state index contributed by atoms with van der Waals surface area (Å²) in [5, 5.41) is 2.41. The van der Waals surface area contributed by atoms with E-state index < -0.39 is 23.7 Å². The van der Waals surface area contributed by atoms with Crippen molar-refractivity contribution in [3.05, 3.63) is 35.4 Å². The fourth-order valence-corrected chi connectivity index (χ4v) is 2.37. The molecule has 0 aliphatic carbocycles. The molecule has 25 heavy (non-hydrogen) atoms. The molecule has 0 unspecified atom stereocenters. The van der Waals surface area contributed by atoms with E-state index in [0.29, 0.717) is 11.1 Å². The van der Waals surface area contributed by atoms with Crippen LogP contribution in [0.5, 0.6) is 0 Å². The van der Waals surface area contributed by atoms with E-state index in [1.807, 2.05) is 0 Å². The van der Waals surface area contributed by atoms with Crippen LogP contribution in [0.1, 0.15) is 40.0 Å². The van der Waals surface area contributed by atoms with Gasteiger partial charge in [0.2, 0.25) is 5.91 Å². The standard InChI is InChI=1S/C17H18N2O6/c1-25-15(22)7-6-11(20)10-18-14(21)8-9-19-16(23)12-4-2-3-5-13(12)17(19)24/h2-5H,6-10H2,1H3,(H,18,21). The molecule has 8 nitrogen and oxygen atoms in total. The topological polar surface area (TPSA) is 110 Å². The molecule has 3 amide bonds. The van der Waals surface area contributed by atoms with Crippen molar-refractivity contribution < 1.29 is 28.7 Å². The number of Topliss-reactive ketones (excluding diaryl/α,β-unsaturated/α-hetero) is 1. The predicted molar refractivity (Wildman–Crippen MR) is 85.7 cm³/mol. The number of benzene rings is 1. The van der Waals surface area contributed by atoms with Gasteiger partial charge in [-0.2, -0.15) is 0 Å². The summed E-state index contributed by atoms with van der Waals surface area (Å²) in [6.07, 6.45) is -0.165. The van der Waals surface area contributed by atoms with E-state index in [-0.39, 0.29) is 38.1 Å². The fourth-order valence-electron chi connectivity index (χ4n) is 2.37. The minimum Gasteiger partial charge on any atom is -0.469 e. The van der Waals surface area contributed by atoms with Gasteiger partial charge in [0, 0.05) is 19.4 Å². The summed E-state index contributed by atoms with van der Waals surface area (Å²) in [6.45, 7) is -0.271. The van der Waals surface area contributed by atoms with Crippen LogP contribution in [0.2, 0.25) is 0 Å². The SMILES string of the molecule is COC(=O)CCC(=O)CNC(=O)CCN1C(=O)c2ccccc2C1=O. The Hall–Kier alpha value is -3.03. The number of rotatable bonds is 8. The number of fused-ring (bicyclic) bond motifs is 1. The second-order valence-corrected chi connectivity index (χ2v) is 5.45. The maximum Gasteiger partial charge on any atom is 0.305 e. The smallest absolute Gasteiger partial charge is 0.305 e. The lowest BCUT2D eigenvalue weighted by atomic mass is 10.1. The molecule has 0 radical (unpaired) electrons. The minimum absolute atomic E-state index is 0.0225. The van der Waals surface area contributed by atoms with Gasteiger partial charge in [0.15, 0.2) is 5.78 Å². The lowest BCUT2D eigenvalue weighted by Crippen LogP contribution is -2.36. The lowest BCUT2D eigenvalue weighted by Gasteiger charge is -2.13. The number of carbonyl (C=O) groups is 5. The molecule has 0 atom stereocenters. The summed E-state index contributed by atoms with van der Waals surface area (Å²) in [5.74, 6) is -2.11. The molecular weight excluding hydrogens is 328 g/mol. The van der Waals surface area contributed by atoms with Gasteiger partial charge in [0.1, 0.15) is 0 Å². The van der Waals surface area contributed by atoms with Gasteiger partial charge >= 0.3 is 5.97 Å². The number of hydrogen-bond donors (Lipinski definition) is 1. The Kier molecular flexibility index (Phi) is 5.99.